The molecule has 1 aromatic carbocycles. The van der Waals surface area contributed by atoms with Gasteiger partial charge in [0.05, 0.1) is 11.4 Å². The van der Waals surface area contributed by atoms with Gasteiger partial charge in [0.2, 0.25) is 0 Å². The lowest BCUT2D eigenvalue weighted by atomic mass is 10.2. The topological polar surface area (TPSA) is 42.5 Å². The van der Waals surface area contributed by atoms with Gasteiger partial charge in [0.1, 0.15) is 0 Å². The van der Waals surface area contributed by atoms with E-state index in [1.54, 1.807) is 0 Å². The lowest BCUT2D eigenvalue weighted by Gasteiger charge is -2.08. The molecule has 2 N–H and O–H groups in total. The van der Waals surface area contributed by atoms with Gasteiger partial charge in [-0.2, -0.15) is 8.78 Å². The van der Waals surface area contributed by atoms with Crippen molar-refractivity contribution in [1.29, 1.82) is 0 Å². The number of alkyl halides is 3. The Bertz CT molecular complexity index is 404. The number of hydrogen-bond acceptors (Lipinski definition) is 4. The smallest absolute Gasteiger partial charge is 0.409 e. The average molecular weight is 235 g/mol. The molecule has 0 fully saturated rings. The van der Waals surface area contributed by atoms with Gasteiger partial charge in [-0.3, -0.25) is 0 Å². The van der Waals surface area contributed by atoms with E-state index in [0.29, 0.717) is 11.5 Å². The summed E-state index contributed by atoms with van der Waals surface area (Å²) in [5, 5.41) is 3.99. The minimum Gasteiger partial charge on any atom is -0.438 e. The van der Waals surface area contributed by atoms with Crippen LogP contribution in [0.1, 0.15) is 0 Å². The fourth-order valence-electron chi connectivity index (χ4n) is 1.54. The molecule has 0 radical (unpaired) electrons. The molecule has 0 bridgehead atoms. The van der Waals surface area contributed by atoms with E-state index in [1.807, 2.05) is 10.6 Å². The highest BCUT2D eigenvalue weighted by Gasteiger charge is 2.38. The monoisotopic (exact) mass is 234 g/mol. The van der Waals surface area contributed by atoms with E-state index < -0.39 is 11.9 Å². The van der Waals surface area contributed by atoms with Gasteiger partial charge in [0.15, 0.2) is 11.5 Å². The molecule has 0 aromatic heterocycles. The summed E-state index contributed by atoms with van der Waals surface area (Å²) in [4.78, 5) is 0. The number of rotatable bonds is 0. The van der Waals surface area contributed by atoms with Crippen LogP contribution in [0.25, 0.3) is 0 Å². The van der Waals surface area contributed by atoms with E-state index in [4.69, 9.17) is 21.1 Å². The molecule has 2 aliphatic rings. The Hall–Kier alpha value is -1.43. The van der Waals surface area contributed by atoms with Crippen molar-refractivity contribution < 1.29 is 18.3 Å². The number of anilines is 2. The summed E-state index contributed by atoms with van der Waals surface area (Å²) in [7, 11) is 0. The van der Waals surface area contributed by atoms with E-state index in [1.165, 1.54) is 12.1 Å². The molecule has 0 spiro atoms. The van der Waals surface area contributed by atoms with Crippen LogP contribution >= 0.6 is 11.6 Å². The van der Waals surface area contributed by atoms with Crippen LogP contribution in [0.2, 0.25) is 0 Å². The molecular formula is C8H5ClF2N2O2. The summed E-state index contributed by atoms with van der Waals surface area (Å²) in [6, 6.07) is 2.84. The molecule has 0 atom stereocenters. The first kappa shape index (κ1) is 8.84. The Balaban J connectivity index is 2.03. The zero-order chi connectivity index (χ0) is 10.6. The van der Waals surface area contributed by atoms with Crippen molar-refractivity contribution >= 4 is 23.0 Å². The summed E-state index contributed by atoms with van der Waals surface area (Å²) in [5.74, 6) is -0.204. The molecule has 7 heteroatoms. The lowest BCUT2D eigenvalue weighted by molar-refractivity contribution is 0.0704. The fraction of sp³-hybridized carbons (Fsp3) is 0.250. The van der Waals surface area contributed by atoms with Crippen molar-refractivity contribution in [3.05, 3.63) is 12.1 Å². The number of nitrogens with one attached hydrogen (secondary N) is 2. The minimum absolute atomic E-state index is 0.258. The third kappa shape index (κ3) is 1.32. The van der Waals surface area contributed by atoms with E-state index >= 15 is 0 Å². The molecule has 3 rings (SSSR count). The van der Waals surface area contributed by atoms with Crippen LogP contribution in [0.3, 0.4) is 0 Å². The number of hydrogen-bond donors (Lipinski definition) is 2. The van der Waals surface area contributed by atoms with Gasteiger partial charge >= 0.3 is 11.9 Å². The highest BCUT2D eigenvalue weighted by molar-refractivity contribution is 6.19. The summed E-state index contributed by atoms with van der Waals surface area (Å²) in [6.07, 6.45) is -3.14. The van der Waals surface area contributed by atoms with Crippen molar-refractivity contribution in [3.63, 3.8) is 0 Å². The molecule has 0 amide bonds. The fourth-order valence-corrected chi connectivity index (χ4v) is 1.74. The third-order valence-electron chi connectivity index (χ3n) is 2.11. The van der Waals surface area contributed by atoms with Crippen LogP contribution in [-0.2, 0) is 0 Å². The summed E-state index contributed by atoms with van der Waals surface area (Å²) >= 11 is 5.57. The van der Waals surface area contributed by atoms with Crippen LogP contribution < -0.4 is 20.1 Å². The average Bonchev–Trinajstić information content (AvgIpc) is 2.55. The Morgan fingerprint density at radius 2 is 1.60 bits per heavy atom. The molecule has 0 unspecified atom stereocenters. The predicted molar refractivity (Wildman–Crippen MR) is 49.5 cm³/mol. The maximum Gasteiger partial charge on any atom is 0.409 e. The molecule has 0 saturated carbocycles. The number of halogens is 3. The summed E-state index contributed by atoms with van der Waals surface area (Å²) in [5.41, 5.74) is 0.515. The second kappa shape index (κ2) is 2.57. The van der Waals surface area contributed by atoms with E-state index in [0.717, 1.165) is 0 Å². The maximum absolute atomic E-state index is 12.9. The van der Waals surface area contributed by atoms with Gasteiger partial charge in [0.25, 0.3) is 0 Å². The molecule has 2 aliphatic heterocycles. The molecule has 1 aromatic rings. The number of ether oxygens (including phenoxy) is 2. The quantitative estimate of drug-likeness (QED) is 0.534. The predicted octanol–water partition coefficient (Wildman–Crippen LogP) is 2.37. The second-order valence-corrected chi connectivity index (χ2v) is 3.54. The Kier molecular flexibility index (Phi) is 1.52. The van der Waals surface area contributed by atoms with Crippen LogP contribution in [0.4, 0.5) is 20.2 Å². The highest BCUT2D eigenvalue weighted by Crippen LogP contribution is 2.46. The molecule has 0 aliphatic carbocycles. The highest BCUT2D eigenvalue weighted by atomic mass is 35.5. The summed E-state index contributed by atoms with van der Waals surface area (Å²) < 4.78 is 35.8. The second-order valence-electron chi connectivity index (χ2n) is 3.18. The van der Waals surface area contributed by atoms with Gasteiger partial charge in [-0.1, -0.05) is 0 Å². The largest absolute Gasteiger partial charge is 0.438 e. The molecule has 15 heavy (non-hydrogen) atoms. The number of fused-ring (bicyclic) bond motifs is 2. The van der Waals surface area contributed by atoms with Gasteiger partial charge < -0.3 is 20.1 Å². The molecular weight excluding hydrogens is 230 g/mol. The maximum atomic E-state index is 12.9. The van der Waals surface area contributed by atoms with Crippen LogP contribution in [-0.4, -0.2) is 11.9 Å². The van der Waals surface area contributed by atoms with Crippen LogP contribution in [0.15, 0.2) is 12.1 Å². The first-order chi connectivity index (χ1) is 7.03. The normalized spacial score (nSPS) is 20.7. The van der Waals surface area contributed by atoms with Crippen LogP contribution in [0.5, 0.6) is 11.5 Å². The Labute approximate surface area is 88.1 Å². The number of benzene rings is 1. The third-order valence-corrected chi connectivity index (χ3v) is 2.28. The molecule has 2 heterocycles. The first-order valence-corrected chi connectivity index (χ1v) is 4.57. The van der Waals surface area contributed by atoms with E-state index in [2.05, 4.69) is 0 Å². The van der Waals surface area contributed by atoms with Crippen molar-refractivity contribution in [3.8, 4) is 11.5 Å². The van der Waals surface area contributed by atoms with Gasteiger partial charge in [0, 0.05) is 12.1 Å². The van der Waals surface area contributed by atoms with E-state index in [-0.39, 0.29) is 11.4 Å². The molecule has 4 nitrogen and oxygen atoms in total. The van der Waals surface area contributed by atoms with Gasteiger partial charge in [-0.05, 0) is 11.6 Å². The Morgan fingerprint density at radius 1 is 1.13 bits per heavy atom. The zero-order valence-electron chi connectivity index (χ0n) is 7.18. The summed E-state index contributed by atoms with van der Waals surface area (Å²) in [6.45, 7) is 0. The first-order valence-electron chi connectivity index (χ1n) is 4.13. The van der Waals surface area contributed by atoms with Crippen molar-refractivity contribution in [2.75, 3.05) is 10.6 Å². The van der Waals surface area contributed by atoms with Crippen LogP contribution in [0, 0.1) is 0 Å². The van der Waals surface area contributed by atoms with Crippen molar-refractivity contribution in [2.45, 2.75) is 11.9 Å². The lowest BCUT2D eigenvalue weighted by Crippen LogP contribution is -2.30. The van der Waals surface area contributed by atoms with Gasteiger partial charge in [-0.25, -0.2) is 0 Å². The Morgan fingerprint density at radius 3 is 2.07 bits per heavy atom. The molecule has 0 saturated heterocycles. The SMILES string of the molecule is FC1(F)Nc2cc3c(cc2N1)OC(Cl)O3. The standard InChI is InChI=1S/C8H5ClF2N2O2/c9-7-14-5-1-3-4(2-6(5)15-7)13-8(10,11)12-3/h1-2,7,12-13H. The minimum atomic E-state index is -3.14. The molecule has 80 valence electrons. The van der Waals surface area contributed by atoms with Gasteiger partial charge in [-0.15, -0.1) is 0 Å². The van der Waals surface area contributed by atoms with E-state index in [9.17, 15) is 8.78 Å². The van der Waals surface area contributed by atoms with Crippen molar-refractivity contribution in [2.24, 2.45) is 0 Å². The van der Waals surface area contributed by atoms with Crippen molar-refractivity contribution in [1.82, 2.24) is 0 Å². The zero-order valence-corrected chi connectivity index (χ0v) is 7.94.